The maximum absolute atomic E-state index is 12.7. The molecule has 0 aliphatic carbocycles. The van der Waals surface area contributed by atoms with Gasteiger partial charge in [-0.15, -0.1) is 0 Å². The van der Waals surface area contributed by atoms with Crippen LogP contribution in [0.3, 0.4) is 0 Å². The third-order valence-electron chi connectivity index (χ3n) is 4.60. The summed E-state index contributed by atoms with van der Waals surface area (Å²) in [6.07, 6.45) is 0. The number of hydrogen-bond donors (Lipinski definition) is 1. The molecule has 0 radical (unpaired) electrons. The molecule has 130 valence electrons. The summed E-state index contributed by atoms with van der Waals surface area (Å²) < 4.78 is 2.13. The lowest BCUT2D eigenvalue weighted by molar-refractivity contribution is -0.125. The Labute approximate surface area is 152 Å². The van der Waals surface area contributed by atoms with Crippen LogP contribution in [0, 0.1) is 6.92 Å². The highest BCUT2D eigenvalue weighted by atomic mass is 35.5. The van der Waals surface area contributed by atoms with Crippen molar-refractivity contribution in [2.45, 2.75) is 32.7 Å². The number of carbonyl (C=O) groups excluding carboxylic acids is 1. The molecule has 0 unspecified atom stereocenters. The van der Waals surface area contributed by atoms with Crippen LogP contribution < -0.4 is 5.32 Å². The predicted molar refractivity (Wildman–Crippen MR) is 102 cm³/mol. The summed E-state index contributed by atoms with van der Waals surface area (Å²) in [4.78, 5) is 17.2. The number of fused-ring (bicyclic) bond motifs is 1. The molecule has 3 rings (SSSR count). The van der Waals surface area contributed by atoms with Gasteiger partial charge in [-0.1, -0.05) is 35.9 Å². The molecule has 0 fully saturated rings. The second-order valence-electron chi connectivity index (χ2n) is 6.69. The fourth-order valence-corrected chi connectivity index (χ4v) is 3.10. The molecule has 25 heavy (non-hydrogen) atoms. The SMILES string of the molecule is Cc1nc2ccccc2n1CCNC(=O)C(C)(C)c1ccc(Cl)cc1. The van der Waals surface area contributed by atoms with Crippen molar-refractivity contribution in [3.63, 3.8) is 0 Å². The molecule has 5 heteroatoms. The highest BCUT2D eigenvalue weighted by Crippen LogP contribution is 2.25. The molecule has 0 spiro atoms. The van der Waals surface area contributed by atoms with Gasteiger partial charge in [-0.3, -0.25) is 4.79 Å². The van der Waals surface area contributed by atoms with E-state index in [1.807, 2.05) is 63.2 Å². The minimum Gasteiger partial charge on any atom is -0.354 e. The van der Waals surface area contributed by atoms with Crippen LogP contribution in [0.4, 0.5) is 0 Å². The van der Waals surface area contributed by atoms with E-state index in [0.717, 1.165) is 22.4 Å². The van der Waals surface area contributed by atoms with Gasteiger partial charge in [-0.05, 0) is 50.6 Å². The number of rotatable bonds is 5. The summed E-state index contributed by atoms with van der Waals surface area (Å²) in [6, 6.07) is 15.5. The Bertz CT molecular complexity index is 897. The average Bonchev–Trinajstić information content (AvgIpc) is 2.91. The fraction of sp³-hybridized carbons (Fsp3) is 0.300. The summed E-state index contributed by atoms with van der Waals surface area (Å²) >= 11 is 5.94. The molecule has 1 heterocycles. The van der Waals surface area contributed by atoms with Crippen molar-refractivity contribution >= 4 is 28.5 Å². The largest absolute Gasteiger partial charge is 0.354 e. The second kappa shape index (κ2) is 6.89. The van der Waals surface area contributed by atoms with Gasteiger partial charge >= 0.3 is 0 Å². The molecule has 0 bridgehead atoms. The van der Waals surface area contributed by atoms with Crippen LogP contribution in [0.1, 0.15) is 25.2 Å². The number of hydrogen-bond acceptors (Lipinski definition) is 2. The molecular weight excluding hydrogens is 334 g/mol. The zero-order valence-corrected chi connectivity index (χ0v) is 15.5. The molecule has 1 amide bonds. The quantitative estimate of drug-likeness (QED) is 0.749. The van der Waals surface area contributed by atoms with Crippen LogP contribution in [0.25, 0.3) is 11.0 Å². The van der Waals surface area contributed by atoms with Crippen LogP contribution in [-0.4, -0.2) is 22.0 Å². The predicted octanol–water partition coefficient (Wildman–Crippen LogP) is 4.09. The molecular formula is C20H22ClN3O. The number of nitrogens with one attached hydrogen (secondary N) is 1. The minimum absolute atomic E-state index is 0.00287. The monoisotopic (exact) mass is 355 g/mol. The van der Waals surface area contributed by atoms with Gasteiger partial charge in [0.25, 0.3) is 0 Å². The lowest BCUT2D eigenvalue weighted by Gasteiger charge is -2.24. The van der Waals surface area contributed by atoms with Gasteiger partial charge in [0.2, 0.25) is 5.91 Å². The highest BCUT2D eigenvalue weighted by Gasteiger charge is 2.29. The van der Waals surface area contributed by atoms with Gasteiger partial charge in [-0.2, -0.15) is 0 Å². The first kappa shape index (κ1) is 17.5. The number of nitrogens with zero attached hydrogens (tertiary/aromatic N) is 2. The first-order valence-corrected chi connectivity index (χ1v) is 8.73. The number of benzene rings is 2. The smallest absolute Gasteiger partial charge is 0.230 e. The van der Waals surface area contributed by atoms with Gasteiger partial charge in [0.05, 0.1) is 16.4 Å². The normalized spacial score (nSPS) is 11.7. The molecule has 0 aliphatic rings. The Morgan fingerprint density at radius 3 is 2.56 bits per heavy atom. The second-order valence-corrected chi connectivity index (χ2v) is 7.12. The van der Waals surface area contributed by atoms with Crippen molar-refractivity contribution in [1.82, 2.24) is 14.9 Å². The van der Waals surface area contributed by atoms with E-state index in [9.17, 15) is 4.79 Å². The molecule has 1 N–H and O–H groups in total. The van der Waals surface area contributed by atoms with Crippen LogP contribution in [-0.2, 0) is 16.8 Å². The molecule has 4 nitrogen and oxygen atoms in total. The number of aromatic nitrogens is 2. The molecule has 3 aromatic rings. The van der Waals surface area contributed by atoms with E-state index in [1.54, 1.807) is 0 Å². The lowest BCUT2D eigenvalue weighted by Crippen LogP contribution is -2.41. The highest BCUT2D eigenvalue weighted by molar-refractivity contribution is 6.30. The number of halogens is 1. The van der Waals surface area contributed by atoms with Crippen molar-refractivity contribution < 1.29 is 4.79 Å². The average molecular weight is 356 g/mol. The lowest BCUT2D eigenvalue weighted by atomic mass is 9.84. The van der Waals surface area contributed by atoms with Crippen LogP contribution >= 0.6 is 11.6 Å². The Morgan fingerprint density at radius 2 is 1.84 bits per heavy atom. The maximum Gasteiger partial charge on any atom is 0.230 e. The minimum atomic E-state index is -0.614. The molecule has 0 saturated heterocycles. The van der Waals surface area contributed by atoms with E-state index in [4.69, 9.17) is 11.6 Å². The summed E-state index contributed by atoms with van der Waals surface area (Å²) in [5.41, 5.74) is 2.40. The number of para-hydroxylation sites is 2. The van der Waals surface area contributed by atoms with Crippen LogP contribution in [0.15, 0.2) is 48.5 Å². The molecule has 0 aliphatic heterocycles. The summed E-state index contributed by atoms with van der Waals surface area (Å²) in [6.45, 7) is 7.07. The van der Waals surface area contributed by atoms with E-state index in [0.29, 0.717) is 18.1 Å². The van der Waals surface area contributed by atoms with E-state index in [-0.39, 0.29) is 5.91 Å². The van der Waals surface area contributed by atoms with E-state index in [2.05, 4.69) is 20.9 Å². The van der Waals surface area contributed by atoms with Crippen LogP contribution in [0.2, 0.25) is 5.02 Å². The van der Waals surface area contributed by atoms with E-state index < -0.39 is 5.41 Å². The molecule has 0 saturated carbocycles. The molecule has 1 aromatic heterocycles. The Balaban J connectivity index is 1.67. The Morgan fingerprint density at radius 1 is 1.16 bits per heavy atom. The topological polar surface area (TPSA) is 46.9 Å². The van der Waals surface area contributed by atoms with Gasteiger partial charge in [0.1, 0.15) is 5.82 Å². The number of imidazole rings is 1. The van der Waals surface area contributed by atoms with Crippen molar-refractivity contribution in [3.8, 4) is 0 Å². The first-order chi connectivity index (χ1) is 11.9. The Kier molecular flexibility index (Phi) is 4.82. The first-order valence-electron chi connectivity index (χ1n) is 8.36. The van der Waals surface area contributed by atoms with Gasteiger partial charge in [0, 0.05) is 18.1 Å². The van der Waals surface area contributed by atoms with E-state index >= 15 is 0 Å². The molecule has 0 atom stereocenters. The number of carbonyl (C=O) groups is 1. The molecule has 2 aromatic carbocycles. The summed E-state index contributed by atoms with van der Waals surface area (Å²) in [5, 5.41) is 3.71. The fourth-order valence-electron chi connectivity index (χ4n) is 2.98. The summed E-state index contributed by atoms with van der Waals surface area (Å²) in [7, 11) is 0. The standard InChI is InChI=1S/C20H22ClN3O/c1-14-23-17-6-4-5-7-18(17)24(14)13-12-22-19(25)20(2,3)15-8-10-16(21)11-9-15/h4-11H,12-13H2,1-3H3,(H,22,25). The third kappa shape index (κ3) is 3.54. The zero-order valence-electron chi connectivity index (χ0n) is 14.7. The zero-order chi connectivity index (χ0) is 18.0. The Hall–Kier alpha value is -2.33. The summed E-state index contributed by atoms with van der Waals surface area (Å²) in [5.74, 6) is 0.948. The van der Waals surface area contributed by atoms with Gasteiger partial charge in [0.15, 0.2) is 0 Å². The number of aryl methyl sites for hydroxylation is 1. The van der Waals surface area contributed by atoms with Crippen LogP contribution in [0.5, 0.6) is 0 Å². The van der Waals surface area contributed by atoms with Crippen molar-refractivity contribution in [3.05, 3.63) is 64.9 Å². The van der Waals surface area contributed by atoms with E-state index in [1.165, 1.54) is 0 Å². The van der Waals surface area contributed by atoms with Gasteiger partial charge in [-0.25, -0.2) is 4.98 Å². The maximum atomic E-state index is 12.7. The number of amides is 1. The van der Waals surface area contributed by atoms with Crippen molar-refractivity contribution in [1.29, 1.82) is 0 Å². The van der Waals surface area contributed by atoms with Crippen molar-refractivity contribution in [2.24, 2.45) is 0 Å². The van der Waals surface area contributed by atoms with Gasteiger partial charge < -0.3 is 9.88 Å². The van der Waals surface area contributed by atoms with Crippen molar-refractivity contribution in [2.75, 3.05) is 6.54 Å². The third-order valence-corrected chi connectivity index (χ3v) is 4.85.